The molecule has 6 heteroatoms. The van der Waals surface area contributed by atoms with Gasteiger partial charge in [0.1, 0.15) is 5.56 Å². The summed E-state index contributed by atoms with van der Waals surface area (Å²) in [7, 11) is 1.16. The zero-order valence-electron chi connectivity index (χ0n) is 7.55. The van der Waals surface area contributed by atoms with Crippen molar-refractivity contribution in [3.63, 3.8) is 0 Å². The number of pyridine rings is 1. The molecule has 0 atom stereocenters. The molecular weight excluding hydrogens is 215 g/mol. The van der Waals surface area contributed by atoms with Crippen LogP contribution in [0.1, 0.15) is 5.56 Å². The van der Waals surface area contributed by atoms with Crippen LogP contribution in [0.5, 0.6) is 5.88 Å². The van der Waals surface area contributed by atoms with Crippen molar-refractivity contribution in [1.29, 1.82) is 0 Å². The molecule has 0 spiro atoms. The maximum Gasteiger partial charge on any atom is 0.421 e. The van der Waals surface area contributed by atoms with Crippen LogP contribution in [0.25, 0.3) is 0 Å². The van der Waals surface area contributed by atoms with Gasteiger partial charge in [0, 0.05) is 11.1 Å². The number of rotatable bonds is 2. The molecule has 1 heterocycles. The van der Waals surface area contributed by atoms with Gasteiger partial charge in [-0.3, -0.25) is 0 Å². The Morgan fingerprint density at radius 1 is 1.43 bits per heavy atom. The van der Waals surface area contributed by atoms with Gasteiger partial charge < -0.3 is 4.74 Å². The number of hydrogen-bond acceptors (Lipinski definition) is 3. The highest BCUT2D eigenvalue weighted by atomic mass is 32.2. The van der Waals surface area contributed by atoms with E-state index in [4.69, 9.17) is 0 Å². The first kappa shape index (κ1) is 11.2. The van der Waals surface area contributed by atoms with Crippen molar-refractivity contribution in [3.05, 3.63) is 17.8 Å². The van der Waals surface area contributed by atoms with Crippen molar-refractivity contribution >= 4 is 11.8 Å². The number of aromatic nitrogens is 1. The zero-order valence-corrected chi connectivity index (χ0v) is 8.37. The SMILES string of the molecule is COc1ncc(SC)cc1C(F)(F)F. The maximum absolute atomic E-state index is 12.4. The summed E-state index contributed by atoms with van der Waals surface area (Å²) in [5, 5.41) is 0. The van der Waals surface area contributed by atoms with Gasteiger partial charge in [0.25, 0.3) is 0 Å². The van der Waals surface area contributed by atoms with Gasteiger partial charge in [0.05, 0.1) is 7.11 Å². The largest absolute Gasteiger partial charge is 0.481 e. The average Bonchev–Trinajstić information content (AvgIpc) is 2.15. The molecule has 0 aromatic carbocycles. The summed E-state index contributed by atoms with van der Waals surface area (Å²) < 4.78 is 41.8. The standard InChI is InChI=1S/C8H8F3NOS/c1-13-7-6(8(9,10)11)3-5(14-2)4-12-7/h3-4H,1-2H3. The molecular formula is C8H8F3NOS. The van der Waals surface area contributed by atoms with Crippen LogP contribution in [0.3, 0.4) is 0 Å². The predicted octanol–water partition coefficient (Wildman–Crippen LogP) is 2.83. The number of halogens is 3. The Labute approximate surface area is 83.5 Å². The first-order chi connectivity index (χ1) is 6.49. The van der Waals surface area contributed by atoms with Crippen molar-refractivity contribution < 1.29 is 17.9 Å². The molecule has 1 aromatic heterocycles. The van der Waals surface area contributed by atoms with E-state index >= 15 is 0 Å². The summed E-state index contributed by atoms with van der Waals surface area (Å²) in [6.45, 7) is 0. The van der Waals surface area contributed by atoms with E-state index in [1.807, 2.05) is 0 Å². The van der Waals surface area contributed by atoms with Crippen molar-refractivity contribution in [1.82, 2.24) is 4.98 Å². The second-order valence-corrected chi connectivity index (χ2v) is 3.31. The van der Waals surface area contributed by atoms with Crippen molar-refractivity contribution in [2.45, 2.75) is 11.1 Å². The fourth-order valence-corrected chi connectivity index (χ4v) is 1.30. The molecule has 0 aliphatic heterocycles. The Morgan fingerprint density at radius 3 is 2.50 bits per heavy atom. The maximum atomic E-state index is 12.4. The second kappa shape index (κ2) is 4.08. The summed E-state index contributed by atoms with van der Waals surface area (Å²) in [4.78, 5) is 4.03. The van der Waals surface area contributed by atoms with Crippen molar-refractivity contribution in [2.24, 2.45) is 0 Å². The van der Waals surface area contributed by atoms with Gasteiger partial charge in [0.2, 0.25) is 5.88 Å². The summed E-state index contributed by atoms with van der Waals surface area (Å²) in [6.07, 6.45) is -1.40. The smallest absolute Gasteiger partial charge is 0.421 e. The minimum Gasteiger partial charge on any atom is -0.481 e. The van der Waals surface area contributed by atoms with E-state index in [1.165, 1.54) is 18.0 Å². The van der Waals surface area contributed by atoms with E-state index in [-0.39, 0.29) is 0 Å². The molecule has 1 rings (SSSR count). The van der Waals surface area contributed by atoms with Gasteiger partial charge >= 0.3 is 6.18 Å². The van der Waals surface area contributed by atoms with E-state index in [1.54, 1.807) is 6.26 Å². The lowest BCUT2D eigenvalue weighted by molar-refractivity contribution is -0.139. The molecule has 1 aromatic rings. The minimum absolute atomic E-state index is 0.393. The number of alkyl halides is 3. The summed E-state index contributed by atoms with van der Waals surface area (Å²) in [6, 6.07) is 1.02. The Balaban J connectivity index is 3.22. The minimum atomic E-state index is -4.43. The molecule has 0 aliphatic carbocycles. The Bertz CT molecular complexity index is 327. The lowest BCUT2D eigenvalue weighted by Crippen LogP contribution is -2.08. The number of thioether (sulfide) groups is 1. The van der Waals surface area contributed by atoms with Gasteiger partial charge in [0.15, 0.2) is 0 Å². The van der Waals surface area contributed by atoms with E-state index < -0.39 is 17.6 Å². The fourth-order valence-electron chi connectivity index (χ4n) is 0.910. The van der Waals surface area contributed by atoms with Crippen LogP contribution in [0, 0.1) is 0 Å². The van der Waals surface area contributed by atoms with Crippen molar-refractivity contribution in [2.75, 3.05) is 13.4 Å². The van der Waals surface area contributed by atoms with Crippen LogP contribution >= 0.6 is 11.8 Å². The molecule has 0 aliphatic rings. The quantitative estimate of drug-likeness (QED) is 0.720. The monoisotopic (exact) mass is 223 g/mol. The van der Waals surface area contributed by atoms with Gasteiger partial charge in [-0.2, -0.15) is 13.2 Å². The lowest BCUT2D eigenvalue weighted by atomic mass is 10.2. The fraction of sp³-hybridized carbons (Fsp3) is 0.375. The normalized spacial score (nSPS) is 11.5. The Kier molecular flexibility index (Phi) is 3.25. The first-order valence-electron chi connectivity index (χ1n) is 3.64. The molecule has 0 saturated heterocycles. The van der Waals surface area contributed by atoms with Crippen LogP contribution < -0.4 is 4.74 Å². The summed E-state index contributed by atoms with van der Waals surface area (Å²) in [5.74, 6) is -0.393. The third-order valence-corrected chi connectivity index (χ3v) is 2.26. The molecule has 0 fully saturated rings. The van der Waals surface area contributed by atoms with E-state index in [0.717, 1.165) is 13.2 Å². The highest BCUT2D eigenvalue weighted by molar-refractivity contribution is 7.98. The molecule has 0 unspecified atom stereocenters. The summed E-state index contributed by atoms with van der Waals surface area (Å²) in [5.41, 5.74) is -0.841. The topological polar surface area (TPSA) is 22.1 Å². The number of ether oxygens (including phenoxy) is 1. The molecule has 0 saturated carbocycles. The van der Waals surface area contributed by atoms with Gasteiger partial charge in [-0.25, -0.2) is 4.98 Å². The first-order valence-corrected chi connectivity index (χ1v) is 4.86. The van der Waals surface area contributed by atoms with Gasteiger partial charge in [-0.1, -0.05) is 0 Å². The molecule has 0 bridgehead atoms. The van der Waals surface area contributed by atoms with E-state index in [0.29, 0.717) is 4.90 Å². The zero-order chi connectivity index (χ0) is 10.8. The van der Waals surface area contributed by atoms with Crippen molar-refractivity contribution in [3.8, 4) is 5.88 Å². The van der Waals surface area contributed by atoms with Crippen LogP contribution in [0.4, 0.5) is 13.2 Å². The Hall–Kier alpha value is -0.910. The van der Waals surface area contributed by atoms with E-state index in [2.05, 4.69) is 9.72 Å². The van der Waals surface area contributed by atoms with Crippen LogP contribution in [-0.4, -0.2) is 18.3 Å². The Morgan fingerprint density at radius 2 is 2.07 bits per heavy atom. The summed E-state index contributed by atoms with van der Waals surface area (Å²) >= 11 is 1.20. The van der Waals surface area contributed by atoms with Crippen LogP contribution in [0.2, 0.25) is 0 Å². The molecule has 0 radical (unpaired) electrons. The average molecular weight is 223 g/mol. The number of nitrogens with zero attached hydrogens (tertiary/aromatic N) is 1. The molecule has 2 nitrogen and oxygen atoms in total. The lowest BCUT2D eigenvalue weighted by Gasteiger charge is -2.11. The predicted molar refractivity (Wildman–Crippen MR) is 47.6 cm³/mol. The third kappa shape index (κ3) is 2.31. The van der Waals surface area contributed by atoms with Gasteiger partial charge in [-0.05, 0) is 12.3 Å². The highest BCUT2D eigenvalue weighted by Crippen LogP contribution is 2.36. The van der Waals surface area contributed by atoms with Crippen LogP contribution in [0.15, 0.2) is 17.2 Å². The highest BCUT2D eigenvalue weighted by Gasteiger charge is 2.35. The number of methoxy groups -OCH3 is 1. The second-order valence-electron chi connectivity index (χ2n) is 2.43. The third-order valence-electron chi connectivity index (χ3n) is 1.56. The molecule has 0 N–H and O–H groups in total. The molecule has 14 heavy (non-hydrogen) atoms. The number of hydrogen-bond donors (Lipinski definition) is 0. The van der Waals surface area contributed by atoms with E-state index in [9.17, 15) is 13.2 Å². The molecule has 78 valence electrons. The van der Waals surface area contributed by atoms with Gasteiger partial charge in [-0.15, -0.1) is 11.8 Å². The molecule has 0 amide bonds. The van der Waals surface area contributed by atoms with Crippen LogP contribution in [-0.2, 0) is 6.18 Å².